The Kier molecular flexibility index (Phi) is 17.4. The number of carbonyl (C=O) groups is 1. The van der Waals surface area contributed by atoms with E-state index >= 15 is 0 Å². The molecule has 0 aromatic rings. The number of nitrogens with zero attached hydrogens (tertiary/aromatic N) is 4. The third kappa shape index (κ3) is 17.5. The zero-order chi connectivity index (χ0) is 17.4. The summed E-state index contributed by atoms with van der Waals surface area (Å²) < 4.78 is 0. The molecular weight excluding hydrogens is 292 g/mol. The summed E-state index contributed by atoms with van der Waals surface area (Å²) in [7, 11) is 0. The van der Waals surface area contributed by atoms with Gasteiger partial charge in [0.25, 0.3) is 6.54 Å². The Balaban J connectivity index is -0.000000252. The van der Waals surface area contributed by atoms with Gasteiger partial charge in [-0.2, -0.15) is 15.8 Å². The molecule has 0 bridgehead atoms. The van der Waals surface area contributed by atoms with Crippen molar-refractivity contribution in [2.45, 2.75) is 27.7 Å². The monoisotopic (exact) mass is 308 g/mol. The molecule has 0 amide bonds. The normalized spacial score (nSPS) is 7.57. The Morgan fingerprint density at radius 3 is 1.62 bits per heavy atom. The van der Waals surface area contributed by atoms with Crippen molar-refractivity contribution in [3.05, 3.63) is 22.7 Å². The number of carbonyl (C=O) groups excluding carboxylic acids is 1. The largest absolute Gasteiger partial charge is 0.510 e. The lowest BCUT2D eigenvalue weighted by molar-refractivity contribution is -0.114. The number of aliphatic hydroxyl groups excluding tert-OH is 1. The first kappa shape index (κ1) is 23.5. The van der Waals surface area contributed by atoms with E-state index < -0.39 is 0 Å². The van der Waals surface area contributed by atoms with Crippen molar-refractivity contribution < 1.29 is 9.90 Å². The molecule has 0 atom stereocenters. The van der Waals surface area contributed by atoms with Crippen LogP contribution in [-0.4, -0.2) is 16.9 Å². The van der Waals surface area contributed by atoms with Gasteiger partial charge < -0.3 is 9.95 Å². The maximum absolute atomic E-state index is 9.91. The number of hydrogen-bond donors (Lipinski definition) is 1. The second kappa shape index (κ2) is 15.5. The van der Waals surface area contributed by atoms with Crippen molar-refractivity contribution in [2.24, 2.45) is 11.8 Å². The fraction of sp³-hybridized carbons (Fsp3) is 0.500. The molecule has 0 unspecified atom stereocenters. The zero-order valence-electron chi connectivity index (χ0n) is 12.4. The van der Waals surface area contributed by atoms with Crippen molar-refractivity contribution in [3.8, 4) is 18.2 Å². The summed E-state index contributed by atoms with van der Waals surface area (Å²) in [4.78, 5) is 12.7. The average molecular weight is 309 g/mol. The van der Waals surface area contributed by atoms with Gasteiger partial charge in [0, 0.05) is 11.8 Å². The van der Waals surface area contributed by atoms with Crippen LogP contribution in [0.15, 0.2) is 11.3 Å². The molecule has 0 heterocycles. The first-order chi connectivity index (χ1) is 9.69. The number of aliphatic hydroxyl groups is 1. The summed E-state index contributed by atoms with van der Waals surface area (Å²) in [6.45, 7) is 12.9. The molecule has 0 aliphatic heterocycles. The van der Waals surface area contributed by atoms with E-state index in [4.69, 9.17) is 39.1 Å². The number of hydrogen-bond acceptors (Lipinski definition) is 5. The van der Waals surface area contributed by atoms with Crippen LogP contribution in [0.4, 0.5) is 0 Å². The van der Waals surface area contributed by atoms with E-state index in [-0.39, 0.29) is 35.0 Å². The first-order valence-corrected chi connectivity index (χ1v) is 6.20. The van der Waals surface area contributed by atoms with Gasteiger partial charge in [-0.3, -0.25) is 4.79 Å². The van der Waals surface area contributed by atoms with E-state index in [9.17, 15) is 4.79 Å². The topological polar surface area (TPSA) is 113 Å². The summed E-state index contributed by atoms with van der Waals surface area (Å²) in [5.74, 6) is -0.314. The Bertz CT molecular complexity index is 483. The second-order valence-electron chi connectivity index (χ2n) is 4.07. The van der Waals surface area contributed by atoms with E-state index in [1.54, 1.807) is 45.9 Å². The van der Waals surface area contributed by atoms with Crippen LogP contribution in [0.3, 0.4) is 0 Å². The Morgan fingerprint density at radius 1 is 1.19 bits per heavy atom. The number of nitriles is 3. The fourth-order valence-electron chi connectivity index (χ4n) is 0.464. The average Bonchev–Trinajstić information content (AvgIpc) is 2.42. The van der Waals surface area contributed by atoms with Gasteiger partial charge in [-0.05, 0) is 11.6 Å². The molecule has 21 heavy (non-hydrogen) atoms. The summed E-state index contributed by atoms with van der Waals surface area (Å²) in [6.07, 6.45) is 0. The summed E-state index contributed by atoms with van der Waals surface area (Å²) in [6, 6.07) is 4.87. The molecule has 0 saturated heterocycles. The summed E-state index contributed by atoms with van der Waals surface area (Å²) >= 11 is 4.97. The van der Waals surface area contributed by atoms with E-state index in [2.05, 4.69) is 4.85 Å². The van der Waals surface area contributed by atoms with Gasteiger partial charge in [0.2, 0.25) is 5.24 Å². The maximum Gasteiger partial charge on any atom is 0.298 e. The Morgan fingerprint density at radius 2 is 1.57 bits per heavy atom. The lowest BCUT2D eigenvalue weighted by Crippen LogP contribution is -1.95. The molecule has 0 aromatic carbocycles. The molecule has 112 valence electrons. The van der Waals surface area contributed by atoms with Crippen molar-refractivity contribution in [3.63, 3.8) is 0 Å². The highest BCUT2D eigenvalue weighted by Crippen LogP contribution is 2.09. The van der Waals surface area contributed by atoms with Crippen molar-refractivity contribution in [2.75, 3.05) is 6.54 Å². The van der Waals surface area contributed by atoms with E-state index in [1.165, 1.54) is 0 Å². The summed E-state index contributed by atoms with van der Waals surface area (Å²) in [5.41, 5.74) is -0.199. The third-order valence-corrected chi connectivity index (χ3v) is 2.07. The van der Waals surface area contributed by atoms with Gasteiger partial charge in [-0.15, -0.1) is 0 Å². The van der Waals surface area contributed by atoms with Gasteiger partial charge in [0.05, 0.1) is 0 Å². The van der Waals surface area contributed by atoms with Crippen molar-refractivity contribution >= 4 is 16.8 Å². The fourth-order valence-corrected chi connectivity index (χ4v) is 0.464. The molecule has 6 nitrogen and oxygen atoms in total. The predicted octanol–water partition coefficient (Wildman–Crippen LogP) is 3.34. The highest BCUT2D eigenvalue weighted by molar-refractivity contribution is 6.63. The van der Waals surface area contributed by atoms with E-state index in [1.807, 2.05) is 0 Å². The molecule has 0 fully saturated rings. The van der Waals surface area contributed by atoms with Gasteiger partial charge in [-0.1, -0.05) is 27.7 Å². The molecule has 1 N–H and O–H groups in total. The minimum absolute atomic E-state index is 0.0139. The van der Waals surface area contributed by atoms with Crippen LogP contribution in [0, 0.1) is 52.4 Å². The highest BCUT2D eigenvalue weighted by atomic mass is 35.5. The Labute approximate surface area is 130 Å². The highest BCUT2D eigenvalue weighted by Gasteiger charge is 2.07. The third-order valence-electron chi connectivity index (χ3n) is 1.63. The lowest BCUT2D eigenvalue weighted by atomic mass is 10.1. The van der Waals surface area contributed by atoms with Crippen molar-refractivity contribution in [1.82, 2.24) is 0 Å². The smallest absolute Gasteiger partial charge is 0.298 e. The van der Waals surface area contributed by atoms with Crippen LogP contribution >= 0.6 is 11.6 Å². The zero-order valence-corrected chi connectivity index (χ0v) is 13.1. The quantitative estimate of drug-likeness (QED) is 0.276. The second-order valence-corrected chi connectivity index (χ2v) is 4.44. The standard InChI is InChI=1S/C7H8N2O.C4H7ClO.C3H2N2/c1-5(2)7(10)6(3-8)4-9;1-3(2)4(5)6;1-5-3-2-4/h5,10H,1-2H3;3H,1-2H3;3H2. The summed E-state index contributed by atoms with van der Waals surface area (Å²) in [5, 5.41) is 32.9. The van der Waals surface area contributed by atoms with Gasteiger partial charge in [-0.25, -0.2) is 6.57 Å². The molecule has 0 aliphatic rings. The minimum atomic E-state index is -0.269. The number of halogens is 1. The molecule has 0 aliphatic carbocycles. The van der Waals surface area contributed by atoms with Crippen LogP contribution in [0.1, 0.15) is 27.7 Å². The SMILES string of the molecule is CC(C)C(=O)Cl.CC(C)C(O)=C(C#N)C#N.[C-]#[N+]CC#N. The lowest BCUT2D eigenvalue weighted by Gasteiger charge is -2.00. The molecule has 0 spiro atoms. The van der Waals surface area contributed by atoms with Crippen LogP contribution in [0.25, 0.3) is 4.85 Å². The van der Waals surface area contributed by atoms with Gasteiger partial charge in [0.15, 0.2) is 5.57 Å². The first-order valence-electron chi connectivity index (χ1n) is 5.82. The van der Waals surface area contributed by atoms with E-state index in [0.29, 0.717) is 0 Å². The number of allylic oxidation sites excluding steroid dienone is 2. The van der Waals surface area contributed by atoms with Crippen LogP contribution in [-0.2, 0) is 4.79 Å². The molecule has 0 aromatic heterocycles. The van der Waals surface area contributed by atoms with Crippen molar-refractivity contribution in [1.29, 1.82) is 15.8 Å². The Hall–Kier alpha value is -2.54. The van der Waals surface area contributed by atoms with E-state index in [0.717, 1.165) is 0 Å². The number of rotatable bonds is 2. The molecule has 0 rings (SSSR count). The van der Waals surface area contributed by atoms with Gasteiger partial charge >= 0.3 is 0 Å². The molecule has 0 radical (unpaired) electrons. The van der Waals surface area contributed by atoms with Gasteiger partial charge in [0.1, 0.15) is 24.0 Å². The van der Waals surface area contributed by atoms with Crippen LogP contribution < -0.4 is 0 Å². The van der Waals surface area contributed by atoms with Crippen LogP contribution in [0.2, 0.25) is 0 Å². The predicted molar refractivity (Wildman–Crippen MR) is 78.5 cm³/mol. The minimum Gasteiger partial charge on any atom is -0.510 e. The maximum atomic E-state index is 9.91. The molecule has 0 saturated carbocycles. The molecule has 7 heteroatoms. The van der Waals surface area contributed by atoms with Crippen LogP contribution in [0.5, 0.6) is 0 Å². The molecular formula is C14H17ClN4O2.